The molecule has 1 saturated heterocycles. The molecule has 1 atom stereocenters. The summed E-state index contributed by atoms with van der Waals surface area (Å²) >= 11 is 0. The van der Waals surface area contributed by atoms with E-state index in [2.05, 4.69) is 5.48 Å². The lowest BCUT2D eigenvalue weighted by Crippen LogP contribution is -2.33. The molecule has 1 fully saturated rings. The molecule has 0 radical (unpaired) electrons. The number of carbonyl (C=O) groups is 1. The molecule has 2 rings (SSSR count). The number of hydrogen-bond donors (Lipinski definition) is 1. The van der Waals surface area contributed by atoms with Gasteiger partial charge in [-0.15, -0.1) is 0 Å². The van der Waals surface area contributed by atoms with Gasteiger partial charge in [-0.1, -0.05) is 6.07 Å². The summed E-state index contributed by atoms with van der Waals surface area (Å²) in [5.74, 6) is 0.333. The van der Waals surface area contributed by atoms with Gasteiger partial charge >= 0.3 is 0 Å². The van der Waals surface area contributed by atoms with Gasteiger partial charge < -0.3 is 9.47 Å². The Morgan fingerprint density at radius 3 is 3.06 bits per heavy atom. The average molecular weight is 251 g/mol. The smallest absolute Gasteiger partial charge is 0.275 e. The minimum absolute atomic E-state index is 0.303. The Hall–Kier alpha value is -1.59. The zero-order valence-electron chi connectivity index (χ0n) is 10.3. The molecule has 1 aromatic rings. The molecule has 1 aliphatic heterocycles. The molecule has 0 aromatic heterocycles. The summed E-state index contributed by atoms with van der Waals surface area (Å²) in [5.41, 5.74) is 2.89. The number of hydrogen-bond acceptors (Lipinski definition) is 4. The van der Waals surface area contributed by atoms with Crippen molar-refractivity contribution in [1.82, 2.24) is 5.48 Å². The molecule has 1 heterocycles. The van der Waals surface area contributed by atoms with Gasteiger partial charge in [0.25, 0.3) is 5.91 Å². The molecule has 0 bridgehead atoms. The van der Waals surface area contributed by atoms with Crippen molar-refractivity contribution in [2.24, 2.45) is 0 Å². The highest BCUT2D eigenvalue weighted by Gasteiger charge is 2.16. The predicted octanol–water partition coefficient (Wildman–Crippen LogP) is 1.88. The van der Waals surface area contributed by atoms with Crippen LogP contribution < -0.4 is 10.2 Å². The molecule has 1 N–H and O–H groups in total. The molecular formula is C13H17NO4. The van der Waals surface area contributed by atoms with Crippen LogP contribution in [0, 0.1) is 0 Å². The van der Waals surface area contributed by atoms with Crippen LogP contribution in [0.1, 0.15) is 29.6 Å². The fraction of sp³-hybridized carbons (Fsp3) is 0.462. The second-order valence-electron chi connectivity index (χ2n) is 4.08. The van der Waals surface area contributed by atoms with Crippen molar-refractivity contribution in [3.8, 4) is 5.75 Å². The summed E-state index contributed by atoms with van der Waals surface area (Å²) in [4.78, 5) is 17.0. The fourth-order valence-electron chi connectivity index (χ4n) is 1.75. The van der Waals surface area contributed by atoms with Crippen LogP contribution in [-0.2, 0) is 9.57 Å². The quantitative estimate of drug-likeness (QED) is 0.830. The van der Waals surface area contributed by atoms with E-state index in [9.17, 15) is 4.79 Å². The molecule has 98 valence electrons. The topological polar surface area (TPSA) is 56.8 Å². The zero-order valence-corrected chi connectivity index (χ0v) is 10.3. The Morgan fingerprint density at radius 2 is 2.33 bits per heavy atom. The Labute approximate surface area is 106 Å². The first-order valence-corrected chi connectivity index (χ1v) is 6.01. The van der Waals surface area contributed by atoms with E-state index in [4.69, 9.17) is 14.3 Å². The predicted molar refractivity (Wildman–Crippen MR) is 65.1 cm³/mol. The third-order valence-electron chi connectivity index (χ3n) is 2.75. The number of methoxy groups -OCH3 is 1. The van der Waals surface area contributed by atoms with E-state index < -0.39 is 0 Å². The van der Waals surface area contributed by atoms with Crippen molar-refractivity contribution < 1.29 is 19.1 Å². The second kappa shape index (κ2) is 6.37. The van der Waals surface area contributed by atoms with Gasteiger partial charge in [0.05, 0.1) is 7.11 Å². The van der Waals surface area contributed by atoms with E-state index >= 15 is 0 Å². The second-order valence-corrected chi connectivity index (χ2v) is 4.08. The maximum absolute atomic E-state index is 11.8. The number of nitrogens with one attached hydrogen (secondary N) is 1. The third-order valence-corrected chi connectivity index (χ3v) is 2.75. The number of ether oxygens (including phenoxy) is 2. The molecular weight excluding hydrogens is 234 g/mol. The van der Waals surface area contributed by atoms with Gasteiger partial charge in [-0.25, -0.2) is 10.3 Å². The minimum Gasteiger partial charge on any atom is -0.497 e. The monoisotopic (exact) mass is 251 g/mol. The summed E-state index contributed by atoms with van der Waals surface area (Å²) in [6, 6.07) is 6.89. The number of hydroxylamine groups is 1. The minimum atomic E-state index is -0.340. The van der Waals surface area contributed by atoms with Crippen molar-refractivity contribution in [3.05, 3.63) is 29.8 Å². The van der Waals surface area contributed by atoms with Gasteiger partial charge in [-0.2, -0.15) is 0 Å². The lowest BCUT2D eigenvalue weighted by molar-refractivity contribution is -0.186. The third kappa shape index (κ3) is 3.45. The highest BCUT2D eigenvalue weighted by molar-refractivity contribution is 5.93. The highest BCUT2D eigenvalue weighted by Crippen LogP contribution is 2.14. The fourth-order valence-corrected chi connectivity index (χ4v) is 1.75. The molecule has 0 spiro atoms. The number of carbonyl (C=O) groups excluding carboxylic acids is 1. The maximum Gasteiger partial charge on any atom is 0.275 e. The van der Waals surface area contributed by atoms with Crippen molar-refractivity contribution in [2.45, 2.75) is 25.6 Å². The Kier molecular flexibility index (Phi) is 4.55. The number of amides is 1. The summed E-state index contributed by atoms with van der Waals surface area (Å²) in [7, 11) is 1.56. The standard InChI is InChI=1S/C13H17NO4/c1-16-11-6-4-5-10(9-11)13(15)14-18-12-7-2-3-8-17-12/h4-6,9,12H,2-3,7-8H2,1H3,(H,14,15). The van der Waals surface area contributed by atoms with Gasteiger partial charge in [0.1, 0.15) is 5.75 Å². The van der Waals surface area contributed by atoms with Crippen LogP contribution in [0.25, 0.3) is 0 Å². The lowest BCUT2D eigenvalue weighted by atomic mass is 10.2. The van der Waals surface area contributed by atoms with Gasteiger partial charge in [0.2, 0.25) is 0 Å². The van der Waals surface area contributed by atoms with Crippen LogP contribution in [-0.4, -0.2) is 25.9 Å². The highest BCUT2D eigenvalue weighted by atomic mass is 16.8. The van der Waals surface area contributed by atoms with Crippen LogP contribution in [0.4, 0.5) is 0 Å². The first-order chi connectivity index (χ1) is 8.79. The van der Waals surface area contributed by atoms with Crippen LogP contribution in [0.3, 0.4) is 0 Å². The SMILES string of the molecule is COc1cccc(C(=O)NOC2CCCCO2)c1. The van der Waals surface area contributed by atoms with E-state index in [-0.39, 0.29) is 12.2 Å². The van der Waals surface area contributed by atoms with Crippen LogP contribution in [0.15, 0.2) is 24.3 Å². The molecule has 1 aromatic carbocycles. The van der Waals surface area contributed by atoms with E-state index in [0.717, 1.165) is 19.3 Å². The normalized spacial score (nSPS) is 19.3. The first-order valence-electron chi connectivity index (χ1n) is 6.01. The molecule has 1 unspecified atom stereocenters. The molecule has 1 amide bonds. The van der Waals surface area contributed by atoms with E-state index in [0.29, 0.717) is 17.9 Å². The summed E-state index contributed by atoms with van der Waals surface area (Å²) in [5, 5.41) is 0. The molecule has 18 heavy (non-hydrogen) atoms. The zero-order chi connectivity index (χ0) is 12.8. The molecule has 0 saturated carbocycles. The van der Waals surface area contributed by atoms with E-state index in [1.54, 1.807) is 31.4 Å². The van der Waals surface area contributed by atoms with Crippen LogP contribution in [0.2, 0.25) is 0 Å². The maximum atomic E-state index is 11.8. The van der Waals surface area contributed by atoms with Gasteiger partial charge in [0, 0.05) is 18.6 Å². The van der Waals surface area contributed by atoms with Gasteiger partial charge in [-0.05, 0) is 31.0 Å². The molecule has 1 aliphatic rings. The van der Waals surface area contributed by atoms with Crippen LogP contribution in [0.5, 0.6) is 5.75 Å². The average Bonchev–Trinajstić information content (AvgIpc) is 2.46. The van der Waals surface area contributed by atoms with Crippen molar-refractivity contribution in [3.63, 3.8) is 0 Å². The molecule has 0 aliphatic carbocycles. The van der Waals surface area contributed by atoms with Crippen molar-refractivity contribution >= 4 is 5.91 Å². The molecule has 5 nitrogen and oxygen atoms in total. The van der Waals surface area contributed by atoms with Gasteiger partial charge in [-0.3, -0.25) is 4.79 Å². The summed E-state index contributed by atoms with van der Waals surface area (Å²) in [6.45, 7) is 0.680. The van der Waals surface area contributed by atoms with Crippen molar-refractivity contribution in [1.29, 1.82) is 0 Å². The van der Waals surface area contributed by atoms with E-state index in [1.165, 1.54) is 0 Å². The summed E-state index contributed by atoms with van der Waals surface area (Å²) in [6.07, 6.45) is 2.57. The molecule has 5 heteroatoms. The Morgan fingerprint density at radius 1 is 1.44 bits per heavy atom. The number of rotatable bonds is 4. The number of benzene rings is 1. The summed E-state index contributed by atoms with van der Waals surface area (Å²) < 4.78 is 10.4. The van der Waals surface area contributed by atoms with E-state index in [1.807, 2.05) is 0 Å². The largest absolute Gasteiger partial charge is 0.497 e. The lowest BCUT2D eigenvalue weighted by Gasteiger charge is -2.22. The van der Waals surface area contributed by atoms with Gasteiger partial charge in [0.15, 0.2) is 6.29 Å². The Balaban J connectivity index is 1.86. The van der Waals surface area contributed by atoms with Crippen LogP contribution >= 0.6 is 0 Å². The Bertz CT molecular complexity index is 402. The van der Waals surface area contributed by atoms with Crippen molar-refractivity contribution in [2.75, 3.05) is 13.7 Å². The first kappa shape index (κ1) is 12.9.